The Morgan fingerprint density at radius 2 is 0.867 bits per heavy atom. The number of nitrogens with zero attached hydrogens (tertiary/aromatic N) is 3. The second kappa shape index (κ2) is 9.99. The minimum atomic E-state index is -3.60. The third-order valence-electron chi connectivity index (χ3n) is 8.85. The molecule has 1 aliphatic heterocycles. The average Bonchev–Trinajstić information content (AvgIpc) is 3.64. The van der Waals surface area contributed by atoms with Crippen molar-refractivity contribution < 1.29 is 4.57 Å². The van der Waals surface area contributed by atoms with Crippen LogP contribution in [0.15, 0.2) is 170 Å². The lowest BCUT2D eigenvalue weighted by Gasteiger charge is -2.39. The SMILES string of the molecule is O=P1(c2ccccc2)c2c(c3ccccc3n2-c2ccccc2)-c2c(c3ccccc3n2-c2ccccc2)N1c1ccccc1. The van der Waals surface area contributed by atoms with E-state index in [1.807, 2.05) is 72.8 Å². The van der Waals surface area contributed by atoms with Crippen molar-refractivity contribution >= 4 is 51.2 Å². The van der Waals surface area contributed by atoms with Crippen molar-refractivity contribution in [2.45, 2.75) is 0 Å². The zero-order chi connectivity index (χ0) is 30.0. The molecule has 0 aliphatic carbocycles. The van der Waals surface area contributed by atoms with E-state index >= 15 is 4.57 Å². The predicted octanol–water partition coefficient (Wildman–Crippen LogP) is 9.62. The summed E-state index contributed by atoms with van der Waals surface area (Å²) < 4.78 is 23.6. The van der Waals surface area contributed by atoms with E-state index in [-0.39, 0.29) is 0 Å². The summed E-state index contributed by atoms with van der Waals surface area (Å²) in [5.74, 6) is 0. The lowest BCUT2D eigenvalue weighted by atomic mass is 10.1. The number of fused-ring (bicyclic) bond motifs is 7. The van der Waals surface area contributed by atoms with E-state index in [1.54, 1.807) is 0 Å². The molecule has 0 radical (unpaired) electrons. The average molecular weight is 598 g/mol. The van der Waals surface area contributed by atoms with E-state index in [2.05, 4.69) is 111 Å². The Kier molecular flexibility index (Phi) is 5.74. The van der Waals surface area contributed by atoms with Crippen LogP contribution in [0.1, 0.15) is 0 Å². The van der Waals surface area contributed by atoms with Crippen LogP contribution in [0, 0.1) is 0 Å². The molecule has 0 amide bonds. The number of hydrogen-bond donors (Lipinski definition) is 0. The first-order chi connectivity index (χ1) is 22.3. The van der Waals surface area contributed by atoms with Crippen molar-refractivity contribution in [3.05, 3.63) is 170 Å². The molecule has 3 heterocycles. The van der Waals surface area contributed by atoms with Crippen LogP contribution in [0.4, 0.5) is 11.4 Å². The van der Waals surface area contributed by atoms with Crippen LogP contribution < -0.4 is 15.4 Å². The third kappa shape index (κ3) is 3.64. The molecule has 0 fully saturated rings. The van der Waals surface area contributed by atoms with E-state index in [4.69, 9.17) is 0 Å². The maximum absolute atomic E-state index is 16.8. The van der Waals surface area contributed by atoms with Gasteiger partial charge in [-0.3, -0.25) is 9.24 Å². The van der Waals surface area contributed by atoms with Gasteiger partial charge in [0, 0.05) is 38.7 Å². The van der Waals surface area contributed by atoms with Crippen LogP contribution in [0.25, 0.3) is 44.4 Å². The Hall–Kier alpha value is -5.57. The van der Waals surface area contributed by atoms with Gasteiger partial charge in [-0.2, -0.15) is 0 Å². The van der Waals surface area contributed by atoms with Crippen molar-refractivity contribution in [3.63, 3.8) is 0 Å². The van der Waals surface area contributed by atoms with Gasteiger partial charge >= 0.3 is 0 Å². The quantitative estimate of drug-likeness (QED) is 0.189. The summed E-state index contributed by atoms with van der Waals surface area (Å²) in [7, 11) is -3.60. The molecule has 8 aromatic rings. The molecule has 1 aliphatic rings. The second-order valence-electron chi connectivity index (χ2n) is 11.3. The summed E-state index contributed by atoms with van der Waals surface area (Å²) in [6.07, 6.45) is 0. The van der Waals surface area contributed by atoms with Gasteiger partial charge in [-0.05, 0) is 60.7 Å². The van der Waals surface area contributed by atoms with Crippen molar-refractivity contribution in [1.82, 2.24) is 9.13 Å². The standard InChI is InChI=1S/C40H28N3OP/c44-45(32-23-11-4-12-24-32)40-37(33-25-13-15-27-35(33)42(40)30-19-7-2-8-20-30)39-38(43(45)31-21-9-3-10-22-31)34-26-14-16-28-36(34)41(39)29-17-5-1-6-18-29/h1-28H. The number of para-hydroxylation sites is 5. The van der Waals surface area contributed by atoms with Gasteiger partial charge in [-0.1, -0.05) is 109 Å². The summed E-state index contributed by atoms with van der Waals surface area (Å²) in [6.45, 7) is 0. The molecule has 6 aromatic carbocycles. The predicted molar refractivity (Wildman–Crippen MR) is 187 cm³/mol. The van der Waals surface area contributed by atoms with Gasteiger partial charge in [-0.25, -0.2) is 0 Å². The van der Waals surface area contributed by atoms with Gasteiger partial charge in [0.1, 0.15) is 5.44 Å². The fraction of sp³-hybridized carbons (Fsp3) is 0. The van der Waals surface area contributed by atoms with Crippen LogP contribution >= 0.6 is 7.29 Å². The van der Waals surface area contributed by atoms with Crippen molar-refractivity contribution in [3.8, 4) is 22.6 Å². The Morgan fingerprint density at radius 1 is 0.422 bits per heavy atom. The summed E-state index contributed by atoms with van der Waals surface area (Å²) in [5.41, 5.74) is 8.81. The van der Waals surface area contributed by atoms with Crippen molar-refractivity contribution in [2.75, 3.05) is 4.67 Å². The molecule has 9 rings (SSSR count). The van der Waals surface area contributed by atoms with Crippen LogP contribution in [0.3, 0.4) is 0 Å². The Morgan fingerprint density at radius 3 is 1.47 bits per heavy atom. The second-order valence-corrected chi connectivity index (χ2v) is 13.8. The molecule has 0 N–H and O–H groups in total. The number of hydrogen-bond acceptors (Lipinski definition) is 1. The highest BCUT2D eigenvalue weighted by atomic mass is 31.2. The number of aromatic nitrogens is 2. The van der Waals surface area contributed by atoms with Gasteiger partial charge in [0.05, 0.1) is 22.4 Å². The lowest BCUT2D eigenvalue weighted by molar-refractivity contribution is 0.586. The van der Waals surface area contributed by atoms with Crippen LogP contribution in [0.5, 0.6) is 0 Å². The smallest absolute Gasteiger partial charge is 0.250 e. The van der Waals surface area contributed by atoms with Crippen LogP contribution in [0.2, 0.25) is 0 Å². The summed E-state index contributed by atoms with van der Waals surface area (Å²) in [5, 5.41) is 2.91. The maximum Gasteiger partial charge on any atom is 0.250 e. The first-order valence-corrected chi connectivity index (χ1v) is 16.8. The molecule has 45 heavy (non-hydrogen) atoms. The van der Waals surface area contributed by atoms with E-state index < -0.39 is 7.29 Å². The number of benzene rings is 6. The molecule has 214 valence electrons. The molecule has 4 nitrogen and oxygen atoms in total. The van der Waals surface area contributed by atoms with E-state index in [0.29, 0.717) is 0 Å². The molecule has 1 unspecified atom stereocenters. The van der Waals surface area contributed by atoms with Crippen molar-refractivity contribution in [2.24, 2.45) is 0 Å². The molecule has 2 aromatic heterocycles. The maximum atomic E-state index is 16.8. The molecular formula is C40H28N3OP. The highest BCUT2D eigenvalue weighted by Crippen LogP contribution is 2.65. The fourth-order valence-corrected chi connectivity index (χ4v) is 10.3. The Labute approximate surface area is 261 Å². The summed E-state index contributed by atoms with van der Waals surface area (Å²) in [6, 6.07) is 58.1. The number of rotatable bonds is 4. The highest BCUT2D eigenvalue weighted by Gasteiger charge is 2.49. The van der Waals surface area contributed by atoms with E-state index in [0.717, 1.165) is 66.6 Å². The van der Waals surface area contributed by atoms with Gasteiger partial charge in [0.25, 0.3) is 7.29 Å². The Bertz CT molecular complexity index is 2400. The fourth-order valence-electron chi connectivity index (χ4n) is 7.06. The molecular weight excluding hydrogens is 569 g/mol. The molecule has 5 heteroatoms. The van der Waals surface area contributed by atoms with Gasteiger partial charge in [0.15, 0.2) is 0 Å². The first-order valence-electron chi connectivity index (χ1n) is 15.2. The third-order valence-corrected chi connectivity index (χ3v) is 11.8. The molecule has 0 saturated carbocycles. The van der Waals surface area contributed by atoms with Gasteiger partial charge < -0.3 is 9.13 Å². The van der Waals surface area contributed by atoms with Crippen LogP contribution in [-0.4, -0.2) is 9.13 Å². The normalized spacial score (nSPS) is 15.7. The molecule has 0 spiro atoms. The van der Waals surface area contributed by atoms with E-state index in [9.17, 15) is 0 Å². The topological polar surface area (TPSA) is 30.2 Å². The highest BCUT2D eigenvalue weighted by molar-refractivity contribution is 7.80. The van der Waals surface area contributed by atoms with Gasteiger partial charge in [0.2, 0.25) is 0 Å². The minimum absolute atomic E-state index is 0.789. The molecule has 1 atom stereocenters. The summed E-state index contributed by atoms with van der Waals surface area (Å²) in [4.78, 5) is 0. The zero-order valence-corrected chi connectivity index (χ0v) is 25.3. The summed E-state index contributed by atoms with van der Waals surface area (Å²) >= 11 is 0. The van der Waals surface area contributed by atoms with Crippen LogP contribution in [-0.2, 0) is 4.57 Å². The first kappa shape index (κ1) is 25.9. The number of anilines is 2. The largest absolute Gasteiger partial charge is 0.307 e. The van der Waals surface area contributed by atoms with E-state index in [1.165, 1.54) is 0 Å². The van der Waals surface area contributed by atoms with Gasteiger partial charge in [-0.15, -0.1) is 0 Å². The zero-order valence-electron chi connectivity index (χ0n) is 24.4. The molecule has 0 saturated heterocycles. The minimum Gasteiger partial charge on any atom is -0.307 e. The monoisotopic (exact) mass is 597 g/mol. The van der Waals surface area contributed by atoms with Crippen molar-refractivity contribution in [1.29, 1.82) is 0 Å². The Balaban J connectivity index is 1.58. The lowest BCUT2D eigenvalue weighted by Crippen LogP contribution is -2.36. The molecule has 0 bridgehead atoms.